The molecule has 0 aromatic carbocycles. The van der Waals surface area contributed by atoms with E-state index in [2.05, 4.69) is 20.5 Å². The van der Waals surface area contributed by atoms with Crippen molar-refractivity contribution in [3.05, 3.63) is 17.5 Å². The molecule has 0 aliphatic carbocycles. The minimum atomic E-state index is -0.554. The Morgan fingerprint density at radius 3 is 2.53 bits per heavy atom. The summed E-state index contributed by atoms with van der Waals surface area (Å²) in [5, 5.41) is 8.76. The summed E-state index contributed by atoms with van der Waals surface area (Å²) in [5.41, 5.74) is 1.07. The normalized spacial score (nSPS) is 9.84. The maximum absolute atomic E-state index is 11.7. The van der Waals surface area contributed by atoms with Gasteiger partial charge in [-0.25, -0.2) is 0 Å². The van der Waals surface area contributed by atoms with Crippen molar-refractivity contribution in [1.29, 1.82) is 0 Å². The van der Waals surface area contributed by atoms with Gasteiger partial charge in [-0.1, -0.05) is 0 Å². The fourth-order valence-electron chi connectivity index (χ4n) is 1.38. The topological polar surface area (TPSA) is 102 Å². The molecule has 104 valence electrons. The molecule has 0 unspecified atom stereocenters. The number of rotatable bonds is 5. The van der Waals surface area contributed by atoms with Crippen LogP contribution < -0.4 is 10.6 Å². The van der Waals surface area contributed by atoms with Crippen LogP contribution in [0.3, 0.4) is 0 Å². The van der Waals surface area contributed by atoms with E-state index in [1.165, 1.54) is 11.8 Å². The maximum Gasteiger partial charge on any atom is 0.325 e. The fourth-order valence-corrected chi connectivity index (χ4v) is 1.38. The molecule has 0 aliphatic heterocycles. The van der Waals surface area contributed by atoms with Crippen molar-refractivity contribution in [1.82, 2.24) is 20.4 Å². The largest absolute Gasteiger partial charge is 0.468 e. The SMILES string of the molecule is COC(=O)CNC(=O)CNC(=O)c1cc(C)nn1C. The number of hydrogen-bond acceptors (Lipinski definition) is 5. The molecule has 0 bridgehead atoms. The van der Waals surface area contributed by atoms with Crippen molar-refractivity contribution in [2.45, 2.75) is 6.92 Å². The molecular formula is C11H16N4O4. The van der Waals surface area contributed by atoms with Crippen LogP contribution in [0.25, 0.3) is 0 Å². The zero-order chi connectivity index (χ0) is 14.4. The van der Waals surface area contributed by atoms with Gasteiger partial charge in [0.15, 0.2) is 0 Å². The quantitative estimate of drug-likeness (QED) is 0.649. The molecule has 8 nitrogen and oxygen atoms in total. The molecule has 0 fully saturated rings. The van der Waals surface area contributed by atoms with Gasteiger partial charge in [-0.2, -0.15) is 5.10 Å². The third kappa shape index (κ3) is 4.41. The Balaban J connectivity index is 2.40. The lowest BCUT2D eigenvalue weighted by molar-refractivity contribution is -0.141. The van der Waals surface area contributed by atoms with Gasteiger partial charge in [-0.05, 0) is 13.0 Å². The summed E-state index contributed by atoms with van der Waals surface area (Å²) in [6.45, 7) is 1.32. The number of nitrogens with zero attached hydrogens (tertiary/aromatic N) is 2. The monoisotopic (exact) mass is 268 g/mol. The second kappa shape index (κ2) is 6.53. The Morgan fingerprint density at radius 1 is 1.32 bits per heavy atom. The van der Waals surface area contributed by atoms with Crippen LogP contribution in [0, 0.1) is 6.92 Å². The molecule has 8 heteroatoms. The molecule has 0 spiro atoms. The molecule has 0 saturated carbocycles. The van der Waals surface area contributed by atoms with E-state index >= 15 is 0 Å². The molecule has 0 radical (unpaired) electrons. The van der Waals surface area contributed by atoms with Gasteiger partial charge < -0.3 is 15.4 Å². The predicted molar refractivity (Wildman–Crippen MR) is 65.3 cm³/mol. The van der Waals surface area contributed by atoms with Crippen LogP contribution in [0.2, 0.25) is 0 Å². The van der Waals surface area contributed by atoms with E-state index in [-0.39, 0.29) is 13.1 Å². The molecular weight excluding hydrogens is 252 g/mol. The van der Waals surface area contributed by atoms with Gasteiger partial charge in [0.05, 0.1) is 19.3 Å². The van der Waals surface area contributed by atoms with Crippen molar-refractivity contribution in [2.75, 3.05) is 20.2 Å². The van der Waals surface area contributed by atoms with Crippen LogP contribution in [0.15, 0.2) is 6.07 Å². The van der Waals surface area contributed by atoms with Crippen LogP contribution in [-0.2, 0) is 21.4 Å². The summed E-state index contributed by atoms with van der Waals surface area (Å²) in [4.78, 5) is 33.9. The lowest BCUT2D eigenvalue weighted by atomic mass is 10.3. The van der Waals surface area contributed by atoms with Gasteiger partial charge in [0.2, 0.25) is 5.91 Å². The first-order chi connectivity index (χ1) is 8.93. The van der Waals surface area contributed by atoms with E-state index in [0.29, 0.717) is 11.4 Å². The summed E-state index contributed by atoms with van der Waals surface area (Å²) in [7, 11) is 2.86. The van der Waals surface area contributed by atoms with Crippen molar-refractivity contribution >= 4 is 17.8 Å². The standard InChI is InChI=1S/C11H16N4O4/c1-7-4-8(15(2)14-7)11(18)13-5-9(16)12-6-10(17)19-3/h4H,5-6H2,1-3H3,(H,12,16)(H,13,18). The maximum atomic E-state index is 11.7. The van der Waals surface area contributed by atoms with Crippen LogP contribution >= 0.6 is 0 Å². The predicted octanol–water partition coefficient (Wildman–Crippen LogP) is -1.25. The van der Waals surface area contributed by atoms with Crippen LogP contribution in [0.5, 0.6) is 0 Å². The van der Waals surface area contributed by atoms with Crippen LogP contribution in [-0.4, -0.2) is 47.8 Å². The molecule has 0 saturated heterocycles. The van der Waals surface area contributed by atoms with E-state index < -0.39 is 17.8 Å². The number of carbonyl (C=O) groups is 3. The number of esters is 1. The number of hydrogen-bond donors (Lipinski definition) is 2. The van der Waals surface area contributed by atoms with E-state index in [1.807, 2.05) is 0 Å². The lowest BCUT2D eigenvalue weighted by Gasteiger charge is -2.06. The lowest BCUT2D eigenvalue weighted by Crippen LogP contribution is -2.39. The highest BCUT2D eigenvalue weighted by Crippen LogP contribution is 2.00. The Morgan fingerprint density at radius 2 is 2.00 bits per heavy atom. The molecule has 2 N–H and O–H groups in total. The Hall–Kier alpha value is -2.38. The highest BCUT2D eigenvalue weighted by atomic mass is 16.5. The van der Waals surface area contributed by atoms with Crippen molar-refractivity contribution in [3.63, 3.8) is 0 Å². The van der Waals surface area contributed by atoms with Crippen LogP contribution in [0.4, 0.5) is 0 Å². The number of amides is 2. The van der Waals surface area contributed by atoms with E-state index in [1.54, 1.807) is 20.0 Å². The van der Waals surface area contributed by atoms with Gasteiger partial charge in [-0.15, -0.1) is 0 Å². The molecule has 1 rings (SSSR count). The molecule has 1 heterocycles. The first kappa shape index (κ1) is 14.7. The average Bonchev–Trinajstić information content (AvgIpc) is 2.72. The zero-order valence-electron chi connectivity index (χ0n) is 11.0. The van der Waals surface area contributed by atoms with Crippen molar-refractivity contribution in [2.24, 2.45) is 7.05 Å². The summed E-state index contributed by atoms with van der Waals surface area (Å²) in [6, 6.07) is 1.61. The summed E-state index contributed by atoms with van der Waals surface area (Å²) in [5.74, 6) is -1.43. The Kier molecular flexibility index (Phi) is 5.04. The van der Waals surface area contributed by atoms with Gasteiger partial charge in [0.1, 0.15) is 12.2 Å². The smallest absolute Gasteiger partial charge is 0.325 e. The van der Waals surface area contributed by atoms with Gasteiger partial charge >= 0.3 is 5.97 Å². The number of methoxy groups -OCH3 is 1. The number of nitrogens with one attached hydrogen (secondary N) is 2. The molecule has 0 aliphatic rings. The first-order valence-corrected chi connectivity index (χ1v) is 5.56. The third-order valence-electron chi connectivity index (χ3n) is 2.30. The minimum absolute atomic E-state index is 0.222. The van der Waals surface area contributed by atoms with Gasteiger partial charge in [0.25, 0.3) is 5.91 Å². The summed E-state index contributed by atoms with van der Waals surface area (Å²) in [6.07, 6.45) is 0. The average molecular weight is 268 g/mol. The number of carbonyl (C=O) groups excluding carboxylic acids is 3. The third-order valence-corrected chi connectivity index (χ3v) is 2.30. The van der Waals surface area contributed by atoms with Crippen molar-refractivity contribution in [3.8, 4) is 0 Å². The second-order valence-corrected chi connectivity index (χ2v) is 3.83. The number of aromatic nitrogens is 2. The summed E-state index contributed by atoms with van der Waals surface area (Å²) < 4.78 is 5.79. The Labute approximate surface area is 110 Å². The number of aryl methyl sites for hydroxylation is 2. The Bertz CT molecular complexity index is 495. The number of ether oxygens (including phenoxy) is 1. The van der Waals surface area contributed by atoms with Crippen LogP contribution in [0.1, 0.15) is 16.2 Å². The van der Waals surface area contributed by atoms with E-state index in [0.717, 1.165) is 0 Å². The fraction of sp³-hybridized carbons (Fsp3) is 0.455. The molecule has 2 amide bonds. The molecule has 1 aromatic heterocycles. The summed E-state index contributed by atoms with van der Waals surface area (Å²) >= 11 is 0. The van der Waals surface area contributed by atoms with Gasteiger partial charge in [0, 0.05) is 7.05 Å². The second-order valence-electron chi connectivity index (χ2n) is 3.83. The molecule has 0 atom stereocenters. The van der Waals surface area contributed by atoms with Crippen molar-refractivity contribution < 1.29 is 19.1 Å². The van der Waals surface area contributed by atoms with E-state index in [4.69, 9.17) is 0 Å². The van der Waals surface area contributed by atoms with E-state index in [9.17, 15) is 14.4 Å². The minimum Gasteiger partial charge on any atom is -0.468 e. The highest BCUT2D eigenvalue weighted by Gasteiger charge is 2.13. The zero-order valence-corrected chi connectivity index (χ0v) is 11.0. The highest BCUT2D eigenvalue weighted by molar-refractivity contribution is 5.95. The van der Waals surface area contributed by atoms with Gasteiger partial charge in [-0.3, -0.25) is 19.1 Å². The first-order valence-electron chi connectivity index (χ1n) is 5.56. The molecule has 1 aromatic rings. The molecule has 19 heavy (non-hydrogen) atoms.